The van der Waals surface area contributed by atoms with Crippen LogP contribution < -0.4 is 4.74 Å². The van der Waals surface area contributed by atoms with Gasteiger partial charge in [-0.15, -0.1) is 0 Å². The Labute approximate surface area is 378 Å². The molecule has 0 fully saturated rings. The zero-order valence-electron chi connectivity index (χ0n) is 35.7. The molecule has 4 aliphatic heterocycles. The molecule has 8 heterocycles. The van der Waals surface area contributed by atoms with Gasteiger partial charge in [-0.3, -0.25) is 0 Å². The Balaban J connectivity index is 0.979. The first kappa shape index (κ1) is 39.2. The minimum atomic E-state index is 0.0905. The Bertz CT molecular complexity index is 3430. The Hall–Kier alpha value is -6.62. The Morgan fingerprint density at radius 1 is 0.635 bits per heavy atom. The van der Waals surface area contributed by atoms with Crippen LogP contribution in [0.2, 0.25) is 0 Å². The van der Waals surface area contributed by atoms with Crippen LogP contribution in [0.25, 0.3) is 61.1 Å². The van der Waals surface area contributed by atoms with Gasteiger partial charge in [0.1, 0.15) is 0 Å². The molecule has 4 aromatic heterocycles. The third-order valence-corrected chi connectivity index (χ3v) is 13.6. The van der Waals surface area contributed by atoms with Crippen molar-refractivity contribution in [2.75, 3.05) is 0 Å². The number of imidazole rings is 1. The molecule has 0 saturated carbocycles. The number of fused-ring (bicyclic) bond motifs is 3. The fraction of sp³-hybridized carbons (Fsp3) is 0.161. The third kappa shape index (κ3) is 7.26. The number of hydrogen-bond acceptors (Lipinski definition) is 3. The summed E-state index contributed by atoms with van der Waals surface area (Å²) in [5, 5.41) is 2.20. The van der Waals surface area contributed by atoms with Crippen molar-refractivity contribution >= 4 is 27.3 Å². The molecule has 6 aromatic carbocycles. The van der Waals surface area contributed by atoms with Crippen molar-refractivity contribution in [3.63, 3.8) is 0 Å². The van der Waals surface area contributed by atoms with E-state index in [1.165, 1.54) is 33.3 Å². The van der Waals surface area contributed by atoms with Gasteiger partial charge in [0, 0.05) is 11.8 Å². The van der Waals surface area contributed by atoms with Crippen molar-refractivity contribution in [2.24, 2.45) is 0 Å². The minimum absolute atomic E-state index is 0.0905. The second-order valence-electron chi connectivity index (χ2n) is 17.7. The topological polar surface area (TPSA) is 49.3 Å². The fourth-order valence-electron chi connectivity index (χ4n) is 9.01. The first-order valence-electron chi connectivity index (χ1n) is 21.6. The molecule has 0 amide bonds. The van der Waals surface area contributed by atoms with Crippen LogP contribution in [-0.2, 0) is 50.5 Å². The number of hydrogen-bond donors (Lipinski definition) is 0. The second kappa shape index (κ2) is 15.6. The van der Waals surface area contributed by atoms with Crippen LogP contribution in [0.1, 0.15) is 54.4 Å². The van der Waals surface area contributed by atoms with Crippen LogP contribution in [-0.4, -0.2) is 23.5 Å². The quantitative estimate of drug-likeness (QED) is 0.156. The number of rotatable bonds is 6. The van der Waals surface area contributed by atoms with Gasteiger partial charge in [-0.05, 0) is 40.2 Å². The average molecular weight is 999 g/mol. The van der Waals surface area contributed by atoms with Gasteiger partial charge in [-0.2, -0.15) is 0 Å². The summed E-state index contributed by atoms with van der Waals surface area (Å²) in [6, 6.07) is 54.9. The van der Waals surface area contributed by atoms with E-state index in [1.807, 2.05) is 24.4 Å². The van der Waals surface area contributed by atoms with E-state index in [0.29, 0.717) is 11.5 Å². The summed E-state index contributed by atoms with van der Waals surface area (Å²) in [5.41, 5.74) is 15.1. The Morgan fingerprint density at radius 2 is 1.38 bits per heavy atom. The van der Waals surface area contributed by atoms with E-state index in [1.54, 1.807) is 0 Å². The van der Waals surface area contributed by atoms with E-state index in [9.17, 15) is 0 Å². The number of nitrogens with zero attached hydrogens (tertiary/aromatic N) is 5. The number of pyridine rings is 1. The normalized spacial score (nSPS) is 12.9. The molecule has 6 nitrogen and oxygen atoms in total. The van der Waals surface area contributed by atoms with E-state index < -0.39 is 0 Å². The Morgan fingerprint density at radius 3 is 2.14 bits per heavy atom. The van der Waals surface area contributed by atoms with Gasteiger partial charge >= 0.3 is 247 Å². The third-order valence-electron chi connectivity index (χ3n) is 12.5. The maximum atomic E-state index is 6.67. The van der Waals surface area contributed by atoms with Crippen LogP contribution in [0.4, 0.5) is 0 Å². The summed E-state index contributed by atoms with van der Waals surface area (Å²) >= 11 is 2.43. The number of ether oxygens (including phenoxy) is 1. The molecular weight excluding hydrogens is 954 g/mol. The molecule has 63 heavy (non-hydrogen) atoms. The Kier molecular flexibility index (Phi) is 9.73. The predicted molar refractivity (Wildman–Crippen MR) is 250 cm³/mol. The number of aromatic nitrogens is 5. The smallest absolute Gasteiger partial charge is 0.0579 e. The molecule has 7 heteroatoms. The van der Waals surface area contributed by atoms with Gasteiger partial charge in [0.25, 0.3) is 0 Å². The summed E-state index contributed by atoms with van der Waals surface area (Å²) in [4.78, 5) is 10.1. The van der Waals surface area contributed by atoms with Crippen LogP contribution >= 0.6 is 0 Å². The van der Waals surface area contributed by atoms with Crippen LogP contribution in [0, 0.1) is 22.9 Å². The zero-order chi connectivity index (χ0) is 42.8. The molecule has 0 unspecified atom stereocenters. The molecule has 10 aromatic rings. The van der Waals surface area contributed by atoms with E-state index in [-0.39, 0.29) is 5.41 Å². The first-order chi connectivity index (χ1) is 30.6. The van der Waals surface area contributed by atoms with Crippen molar-refractivity contribution < 1.29 is 24.1 Å². The fourth-order valence-corrected chi connectivity index (χ4v) is 10.00. The van der Waals surface area contributed by atoms with Crippen molar-refractivity contribution in [3.8, 4) is 45.3 Å². The predicted octanol–water partition coefficient (Wildman–Crippen LogP) is 12.9. The molecule has 14 rings (SSSR count). The molecule has 4 aliphatic rings. The van der Waals surface area contributed by atoms with E-state index >= 15 is 0 Å². The van der Waals surface area contributed by atoms with Crippen molar-refractivity contribution in [1.29, 1.82) is 0 Å². The molecule has 0 N–H and O–H groups in total. The van der Waals surface area contributed by atoms with Gasteiger partial charge in [0.05, 0.1) is 0 Å². The van der Waals surface area contributed by atoms with Gasteiger partial charge in [0.2, 0.25) is 0 Å². The summed E-state index contributed by atoms with van der Waals surface area (Å²) < 4.78 is 14.5. The van der Waals surface area contributed by atoms with Crippen molar-refractivity contribution in [3.05, 3.63) is 202 Å². The molecule has 0 radical (unpaired) electrons. The standard InChI is InChI=1S/C56H45N5O.Pt/c1-37-29-55(58-34-50(37)41-20-23-44(24-21-41)56(2,3)4)61-51-27-22-42(40-9-6-5-7-10-40)30-49(51)48-26-25-47(32-52(48)61)62-46-12-8-11-45(31-46)59-35-53-43-19-17-38-13-15-39(16-14-38)18-28-54(57-33-43)60(53)36-59;/h5-16,20-27,29-30,33-35H,17-19,28H2,1-4H3;/q-2;. The second-order valence-corrected chi connectivity index (χ2v) is 18.7. The average Bonchev–Trinajstić information content (AvgIpc) is 3.81. The summed E-state index contributed by atoms with van der Waals surface area (Å²) in [7, 11) is 0. The summed E-state index contributed by atoms with van der Waals surface area (Å²) in [5.74, 6) is 3.09. The summed E-state index contributed by atoms with van der Waals surface area (Å²) in [6.07, 6.45) is 9.98. The molecular formula is C56H45N5OPt-2. The number of benzene rings is 6. The van der Waals surface area contributed by atoms with Crippen LogP contribution in [0.5, 0.6) is 11.5 Å². The molecule has 312 valence electrons. The molecule has 0 saturated heterocycles. The molecule has 0 aliphatic carbocycles. The van der Waals surface area contributed by atoms with E-state index in [2.05, 4.69) is 200 Å². The van der Waals surface area contributed by atoms with Gasteiger partial charge in [0.15, 0.2) is 0 Å². The van der Waals surface area contributed by atoms with E-state index in [4.69, 9.17) is 14.7 Å². The minimum Gasteiger partial charge on any atom is -0.0579 e. The number of aryl methyl sites for hydroxylation is 5. The van der Waals surface area contributed by atoms with Gasteiger partial charge in [-0.25, -0.2) is 0 Å². The molecule has 4 bridgehead atoms. The van der Waals surface area contributed by atoms with Crippen LogP contribution in [0.3, 0.4) is 0 Å². The van der Waals surface area contributed by atoms with Crippen molar-refractivity contribution in [1.82, 2.24) is 23.5 Å². The van der Waals surface area contributed by atoms with Crippen LogP contribution in [0.15, 0.2) is 152 Å². The molecule has 0 atom stereocenters. The summed E-state index contributed by atoms with van der Waals surface area (Å²) in [6.45, 7) is 8.91. The zero-order valence-corrected chi connectivity index (χ0v) is 38.0. The van der Waals surface area contributed by atoms with Crippen molar-refractivity contribution in [2.45, 2.75) is 58.8 Å². The van der Waals surface area contributed by atoms with E-state index in [0.717, 1.165) is 90.9 Å². The van der Waals surface area contributed by atoms with Gasteiger partial charge in [-0.1, -0.05) is 81.4 Å². The van der Waals surface area contributed by atoms with Gasteiger partial charge < -0.3 is 0 Å². The first-order valence-corrected chi connectivity index (χ1v) is 22.8. The monoisotopic (exact) mass is 998 g/mol. The SMILES string of the molecule is Cc1cc(-n2c3[c-]c(Oc4[c-]c(-n5cc6c7cnc(n6[c]5=[Pt])CCc5ccc(cc5)CC7)ccc4)ccc3c3cc(-c4ccccc4)ccc32)ncc1-c1ccc(C(C)(C)C)cc1. The molecule has 0 spiro atoms. The maximum absolute atomic E-state index is 6.67.